The minimum atomic E-state index is 0.619. The van der Waals surface area contributed by atoms with Crippen LogP contribution in [0.2, 0.25) is 0 Å². The van der Waals surface area contributed by atoms with Crippen LogP contribution >= 0.6 is 11.3 Å². The molecule has 1 aromatic heterocycles. The number of fused-ring (bicyclic) bond motifs is 1. The van der Waals surface area contributed by atoms with Crippen molar-refractivity contribution in [3.05, 3.63) is 29.1 Å². The molecule has 0 spiro atoms. The largest absolute Gasteiger partial charge is 0.486 e. The van der Waals surface area contributed by atoms with E-state index in [9.17, 15) is 0 Å². The molecular formula is C11H9NO2S. The molecule has 0 saturated carbocycles. The standard InChI is InChI=1S/C11H9NO2S/c1-2-10-11(14-4-3-13-10)5-8(1)9-6-15-7-12-9/h1-2,5-7H,3-4H2. The Morgan fingerprint density at radius 2 is 2.00 bits per heavy atom. The number of ether oxygens (including phenoxy) is 2. The topological polar surface area (TPSA) is 31.4 Å². The van der Waals surface area contributed by atoms with E-state index in [0.717, 1.165) is 22.8 Å². The van der Waals surface area contributed by atoms with Gasteiger partial charge in [-0.3, -0.25) is 0 Å². The third-order valence-corrected chi connectivity index (χ3v) is 2.86. The summed E-state index contributed by atoms with van der Waals surface area (Å²) in [4.78, 5) is 4.26. The van der Waals surface area contributed by atoms with Crippen LogP contribution in [-0.2, 0) is 0 Å². The fourth-order valence-electron chi connectivity index (χ4n) is 1.56. The number of rotatable bonds is 1. The van der Waals surface area contributed by atoms with E-state index in [4.69, 9.17) is 9.47 Å². The summed E-state index contributed by atoms with van der Waals surface area (Å²) in [6.07, 6.45) is 0. The van der Waals surface area contributed by atoms with Crippen LogP contribution in [0.15, 0.2) is 29.1 Å². The molecule has 0 unspecified atom stereocenters. The molecule has 1 aromatic carbocycles. The minimum absolute atomic E-state index is 0.619. The Morgan fingerprint density at radius 3 is 2.80 bits per heavy atom. The molecule has 2 heterocycles. The number of hydrogen-bond acceptors (Lipinski definition) is 4. The first-order valence-electron chi connectivity index (χ1n) is 4.72. The van der Waals surface area contributed by atoms with Gasteiger partial charge in [-0.05, 0) is 18.2 Å². The summed E-state index contributed by atoms with van der Waals surface area (Å²) >= 11 is 1.59. The summed E-state index contributed by atoms with van der Waals surface area (Å²) < 4.78 is 11.0. The third-order valence-electron chi connectivity index (χ3n) is 2.27. The Hall–Kier alpha value is -1.55. The van der Waals surface area contributed by atoms with Crippen molar-refractivity contribution < 1.29 is 9.47 Å². The molecule has 4 heteroatoms. The van der Waals surface area contributed by atoms with Gasteiger partial charge >= 0.3 is 0 Å². The lowest BCUT2D eigenvalue weighted by atomic mass is 10.1. The minimum Gasteiger partial charge on any atom is -0.486 e. The van der Waals surface area contributed by atoms with Crippen LogP contribution in [0.4, 0.5) is 0 Å². The first kappa shape index (κ1) is 8.73. The van der Waals surface area contributed by atoms with Gasteiger partial charge in [0.15, 0.2) is 11.5 Å². The van der Waals surface area contributed by atoms with E-state index < -0.39 is 0 Å². The van der Waals surface area contributed by atoms with Crippen molar-refractivity contribution in [1.29, 1.82) is 0 Å². The summed E-state index contributed by atoms with van der Waals surface area (Å²) in [6, 6.07) is 5.91. The zero-order valence-electron chi connectivity index (χ0n) is 7.97. The highest BCUT2D eigenvalue weighted by Crippen LogP contribution is 2.34. The molecular weight excluding hydrogens is 210 g/mol. The molecule has 0 radical (unpaired) electrons. The lowest BCUT2D eigenvalue weighted by Gasteiger charge is -2.18. The van der Waals surface area contributed by atoms with E-state index >= 15 is 0 Å². The van der Waals surface area contributed by atoms with Gasteiger partial charge < -0.3 is 9.47 Å². The molecule has 1 aliphatic heterocycles. The van der Waals surface area contributed by atoms with Crippen molar-refractivity contribution in [1.82, 2.24) is 4.98 Å². The van der Waals surface area contributed by atoms with Crippen LogP contribution < -0.4 is 9.47 Å². The van der Waals surface area contributed by atoms with E-state index in [0.29, 0.717) is 13.2 Å². The summed E-state index contributed by atoms with van der Waals surface area (Å²) in [5, 5.41) is 2.02. The second-order valence-electron chi connectivity index (χ2n) is 3.23. The Labute approximate surface area is 91.3 Å². The second kappa shape index (κ2) is 3.55. The van der Waals surface area contributed by atoms with E-state index in [2.05, 4.69) is 4.98 Å². The SMILES string of the molecule is c1nc(-c2ccc3c(c2)OCCO3)cs1. The van der Waals surface area contributed by atoms with E-state index in [1.807, 2.05) is 29.1 Å². The Bertz CT molecular complexity index is 467. The summed E-state index contributed by atoms with van der Waals surface area (Å²) in [6.45, 7) is 1.25. The molecule has 0 saturated heterocycles. The Balaban J connectivity index is 2.04. The molecule has 0 fully saturated rings. The molecule has 0 N–H and O–H groups in total. The number of thiazole rings is 1. The van der Waals surface area contributed by atoms with Gasteiger partial charge in [0, 0.05) is 10.9 Å². The average Bonchev–Trinajstić information content (AvgIpc) is 2.82. The van der Waals surface area contributed by atoms with Crippen molar-refractivity contribution >= 4 is 11.3 Å². The molecule has 2 aromatic rings. The predicted octanol–water partition coefficient (Wildman–Crippen LogP) is 2.58. The fourth-order valence-corrected chi connectivity index (χ4v) is 2.12. The molecule has 15 heavy (non-hydrogen) atoms. The predicted molar refractivity (Wildman–Crippen MR) is 58.5 cm³/mol. The van der Waals surface area contributed by atoms with E-state index in [1.165, 1.54) is 0 Å². The lowest BCUT2D eigenvalue weighted by Crippen LogP contribution is -2.15. The van der Waals surface area contributed by atoms with Gasteiger partial charge in [-0.15, -0.1) is 11.3 Å². The zero-order valence-corrected chi connectivity index (χ0v) is 8.79. The highest BCUT2D eigenvalue weighted by atomic mass is 32.1. The number of benzene rings is 1. The van der Waals surface area contributed by atoms with Crippen molar-refractivity contribution in [2.24, 2.45) is 0 Å². The number of hydrogen-bond donors (Lipinski definition) is 0. The summed E-state index contributed by atoms with van der Waals surface area (Å²) in [5.74, 6) is 1.63. The Morgan fingerprint density at radius 1 is 1.13 bits per heavy atom. The van der Waals surface area contributed by atoms with Crippen LogP contribution in [0.5, 0.6) is 11.5 Å². The highest BCUT2D eigenvalue weighted by Gasteiger charge is 2.12. The van der Waals surface area contributed by atoms with Crippen molar-refractivity contribution in [3.63, 3.8) is 0 Å². The first-order valence-corrected chi connectivity index (χ1v) is 5.66. The molecule has 0 amide bonds. The van der Waals surface area contributed by atoms with Crippen LogP contribution in [-0.4, -0.2) is 18.2 Å². The van der Waals surface area contributed by atoms with Crippen molar-refractivity contribution in [3.8, 4) is 22.8 Å². The normalized spacial score (nSPS) is 13.9. The first-order chi connectivity index (χ1) is 7.43. The third kappa shape index (κ3) is 1.57. The maximum atomic E-state index is 5.51. The van der Waals surface area contributed by atoms with Crippen molar-refractivity contribution in [2.75, 3.05) is 13.2 Å². The monoisotopic (exact) mass is 219 g/mol. The average molecular weight is 219 g/mol. The molecule has 0 aliphatic carbocycles. The molecule has 1 aliphatic rings. The van der Waals surface area contributed by atoms with Gasteiger partial charge in [-0.25, -0.2) is 4.98 Å². The number of nitrogens with zero attached hydrogens (tertiary/aromatic N) is 1. The van der Waals surface area contributed by atoms with Crippen molar-refractivity contribution in [2.45, 2.75) is 0 Å². The van der Waals surface area contributed by atoms with Crippen LogP contribution in [0.3, 0.4) is 0 Å². The molecule has 0 bridgehead atoms. The maximum absolute atomic E-state index is 5.51. The second-order valence-corrected chi connectivity index (χ2v) is 3.95. The fraction of sp³-hybridized carbons (Fsp3) is 0.182. The molecule has 3 rings (SSSR count). The number of aromatic nitrogens is 1. The van der Waals surface area contributed by atoms with Crippen LogP contribution in [0.25, 0.3) is 11.3 Å². The smallest absolute Gasteiger partial charge is 0.162 e. The van der Waals surface area contributed by atoms with Crippen LogP contribution in [0.1, 0.15) is 0 Å². The molecule has 3 nitrogen and oxygen atoms in total. The van der Waals surface area contributed by atoms with E-state index in [1.54, 1.807) is 11.3 Å². The van der Waals surface area contributed by atoms with Gasteiger partial charge in [0.2, 0.25) is 0 Å². The quantitative estimate of drug-likeness (QED) is 0.738. The van der Waals surface area contributed by atoms with Gasteiger partial charge in [0.25, 0.3) is 0 Å². The summed E-state index contributed by atoms with van der Waals surface area (Å²) in [7, 11) is 0. The lowest BCUT2D eigenvalue weighted by molar-refractivity contribution is 0.171. The van der Waals surface area contributed by atoms with Gasteiger partial charge in [0.1, 0.15) is 13.2 Å². The highest BCUT2D eigenvalue weighted by molar-refractivity contribution is 7.07. The molecule has 0 atom stereocenters. The van der Waals surface area contributed by atoms with E-state index in [-0.39, 0.29) is 0 Å². The zero-order chi connectivity index (χ0) is 10.1. The summed E-state index contributed by atoms with van der Waals surface area (Å²) in [5.41, 5.74) is 3.88. The van der Waals surface area contributed by atoms with Crippen LogP contribution in [0, 0.1) is 0 Å². The Kier molecular flexibility index (Phi) is 2.07. The maximum Gasteiger partial charge on any atom is 0.162 e. The van der Waals surface area contributed by atoms with Gasteiger partial charge in [-0.2, -0.15) is 0 Å². The van der Waals surface area contributed by atoms with Gasteiger partial charge in [-0.1, -0.05) is 0 Å². The van der Waals surface area contributed by atoms with Gasteiger partial charge in [0.05, 0.1) is 11.2 Å². The molecule has 76 valence electrons.